The van der Waals surface area contributed by atoms with Crippen LogP contribution < -0.4 is 0 Å². The summed E-state index contributed by atoms with van der Waals surface area (Å²) >= 11 is 0. The van der Waals surface area contributed by atoms with E-state index in [0.29, 0.717) is 5.92 Å². The van der Waals surface area contributed by atoms with Crippen LogP contribution in [0.3, 0.4) is 0 Å². The average molecular weight is 986 g/mol. The van der Waals surface area contributed by atoms with E-state index >= 15 is 0 Å². The molecule has 1 nitrogen and oxygen atoms in total. The highest BCUT2D eigenvalue weighted by Crippen LogP contribution is 2.42. The lowest BCUT2D eigenvalue weighted by Gasteiger charge is -2.24. The minimum Gasteiger partial charge on any atom is -0.309 e. The summed E-state index contributed by atoms with van der Waals surface area (Å²) in [7, 11) is 0. The van der Waals surface area contributed by atoms with Gasteiger partial charge in [0.15, 0.2) is 0 Å². The van der Waals surface area contributed by atoms with Gasteiger partial charge in [0.2, 0.25) is 0 Å². The molecule has 0 unspecified atom stereocenters. The zero-order valence-electron chi connectivity index (χ0n) is 45.5. The van der Waals surface area contributed by atoms with Gasteiger partial charge in [-0.15, -0.1) is 0 Å². The van der Waals surface area contributed by atoms with Gasteiger partial charge in [-0.3, -0.25) is 0 Å². The van der Waals surface area contributed by atoms with E-state index in [0.717, 1.165) is 81.4 Å². The summed E-state index contributed by atoms with van der Waals surface area (Å²) in [6.45, 7) is 33.6. The second-order valence-electron chi connectivity index (χ2n) is 20.3. The molecule has 2 aliphatic carbocycles. The third-order valence-electron chi connectivity index (χ3n) is 15.2. The van der Waals surface area contributed by atoms with Crippen molar-refractivity contribution in [2.45, 2.75) is 67.2 Å². The van der Waals surface area contributed by atoms with Crippen LogP contribution in [-0.4, -0.2) is 4.57 Å². The molecule has 0 spiro atoms. The highest BCUT2D eigenvalue weighted by molar-refractivity contribution is 6.12. The van der Waals surface area contributed by atoms with Gasteiger partial charge in [0.05, 0.1) is 11.0 Å². The molecule has 0 bridgehead atoms. The van der Waals surface area contributed by atoms with E-state index in [4.69, 9.17) is 0 Å². The third kappa shape index (κ3) is 10.6. The number of allylic oxidation sites excluding steroid dienone is 22. The predicted molar refractivity (Wildman–Crippen MR) is 337 cm³/mol. The molecule has 1 aromatic heterocycles. The Morgan fingerprint density at radius 2 is 1.11 bits per heavy atom. The Labute approximate surface area is 453 Å². The van der Waals surface area contributed by atoms with Crippen LogP contribution in [0.1, 0.15) is 95.0 Å². The van der Waals surface area contributed by atoms with Gasteiger partial charge in [-0.25, -0.2) is 0 Å². The van der Waals surface area contributed by atoms with E-state index in [2.05, 4.69) is 255 Å². The SMILES string of the molecule is C=C/C=C(\C=C/C)n1c2ccc(C3=CC(c4cccc(C5=CC(C(=C(C=C)C=C)C(C)C)=C(C)CC5)c4)=CCC3)cc2c2cc(-c3cccc(-c4cccc(-c5ccc(C=C)c(C(/C=C\C)=C(\C)C=C)c5)c4)c3)ccc21. The smallest absolute Gasteiger partial charge is 0.0541 e. The maximum atomic E-state index is 4.14. The van der Waals surface area contributed by atoms with Crippen LogP contribution in [-0.2, 0) is 0 Å². The second kappa shape index (κ2) is 23.4. The molecule has 76 heavy (non-hydrogen) atoms. The van der Waals surface area contributed by atoms with Crippen molar-refractivity contribution in [2.24, 2.45) is 5.92 Å². The van der Waals surface area contributed by atoms with Gasteiger partial charge in [-0.2, -0.15) is 0 Å². The zero-order chi connectivity index (χ0) is 53.5. The lowest BCUT2D eigenvalue weighted by atomic mass is 9.80. The minimum absolute atomic E-state index is 0.354. The van der Waals surface area contributed by atoms with Gasteiger partial charge in [-0.1, -0.05) is 198 Å². The fourth-order valence-electron chi connectivity index (χ4n) is 11.3. The maximum Gasteiger partial charge on any atom is 0.0541 e. The van der Waals surface area contributed by atoms with Gasteiger partial charge in [0, 0.05) is 16.5 Å². The van der Waals surface area contributed by atoms with Crippen LogP contribution in [0.2, 0.25) is 0 Å². The first-order chi connectivity index (χ1) is 37.0. The quantitative estimate of drug-likeness (QED) is 0.0802. The molecule has 0 saturated heterocycles. The standard InChI is InChI=1S/C75H71N/c1-12-23-67(24-13-2)76-73-40-38-65(61-32-21-28-57(44-61)55-26-19-30-59(42-55)63-35-34-52(11)69(46-63)75(50(8)9)53(16-5)17-6)48-71(73)72-49-66(39-41-74(72)76)62-33-22-29-58(45-62)56-27-20-31-60(43-56)64-37-36-54(18-7)70(47-64)68(25-14-3)51(10)15-4/h12-20,22-31,33,36-50H,1,4-7,21,32,34-35H2,2-3,8-11H3/b24-13-,25-14-,67-23+,68-51+. The van der Waals surface area contributed by atoms with E-state index in [1.54, 1.807) is 0 Å². The van der Waals surface area contributed by atoms with Gasteiger partial charge in [0.1, 0.15) is 0 Å². The summed E-state index contributed by atoms with van der Waals surface area (Å²) in [6.07, 6.45) is 31.6. The fraction of sp³-hybridized carbons (Fsp3) is 0.147. The Hall–Kier alpha value is -8.52. The molecule has 0 saturated carbocycles. The molecule has 9 rings (SSSR count). The molecule has 0 N–H and O–H groups in total. The van der Waals surface area contributed by atoms with Gasteiger partial charge in [0.25, 0.3) is 0 Å². The minimum atomic E-state index is 0.354. The Kier molecular flexibility index (Phi) is 16.1. The molecule has 0 aliphatic heterocycles. The summed E-state index contributed by atoms with van der Waals surface area (Å²) < 4.78 is 2.38. The van der Waals surface area contributed by atoms with E-state index in [-0.39, 0.29) is 0 Å². The van der Waals surface area contributed by atoms with Crippen molar-refractivity contribution in [3.63, 3.8) is 0 Å². The van der Waals surface area contributed by atoms with Crippen molar-refractivity contribution in [1.82, 2.24) is 4.57 Å². The molecular formula is C75H71N. The first-order valence-corrected chi connectivity index (χ1v) is 26.9. The molecule has 376 valence electrons. The lowest BCUT2D eigenvalue weighted by Crippen LogP contribution is -2.06. The van der Waals surface area contributed by atoms with E-state index < -0.39 is 0 Å². The highest BCUT2D eigenvalue weighted by atomic mass is 15.0. The molecule has 0 amide bonds. The molecule has 2 aliphatic rings. The van der Waals surface area contributed by atoms with Gasteiger partial charge in [-0.05, 0) is 226 Å². The summed E-state index contributed by atoms with van der Waals surface area (Å²) in [5, 5.41) is 2.44. The molecular weight excluding hydrogens is 915 g/mol. The largest absolute Gasteiger partial charge is 0.309 e. The Morgan fingerprint density at radius 3 is 1.70 bits per heavy atom. The van der Waals surface area contributed by atoms with Crippen molar-refractivity contribution in [3.05, 3.63) is 289 Å². The van der Waals surface area contributed by atoms with Crippen LogP contribution >= 0.6 is 0 Å². The lowest BCUT2D eigenvalue weighted by molar-refractivity contribution is 0.769. The molecule has 0 fully saturated rings. The van der Waals surface area contributed by atoms with Crippen molar-refractivity contribution in [1.29, 1.82) is 0 Å². The number of aromatic nitrogens is 1. The predicted octanol–water partition coefficient (Wildman–Crippen LogP) is 21.7. The number of hydrogen-bond acceptors (Lipinski definition) is 0. The Bertz CT molecular complexity index is 3770. The van der Waals surface area contributed by atoms with Crippen molar-refractivity contribution < 1.29 is 0 Å². The first-order valence-electron chi connectivity index (χ1n) is 26.9. The topological polar surface area (TPSA) is 4.93 Å². The molecule has 6 aromatic carbocycles. The van der Waals surface area contributed by atoms with E-state index in [9.17, 15) is 0 Å². The monoisotopic (exact) mass is 986 g/mol. The van der Waals surface area contributed by atoms with E-state index in [1.807, 2.05) is 30.4 Å². The number of nitrogens with zero attached hydrogens (tertiary/aromatic N) is 1. The van der Waals surface area contributed by atoms with Crippen LogP contribution in [0, 0.1) is 5.92 Å². The number of hydrogen-bond donors (Lipinski definition) is 0. The number of benzene rings is 6. The van der Waals surface area contributed by atoms with Crippen LogP contribution in [0.15, 0.2) is 261 Å². The Balaban J connectivity index is 1.09. The summed E-state index contributed by atoms with van der Waals surface area (Å²) in [4.78, 5) is 0. The molecule has 0 atom stereocenters. The summed E-state index contributed by atoms with van der Waals surface area (Å²) in [6, 6.07) is 47.7. The van der Waals surface area contributed by atoms with Crippen LogP contribution in [0.25, 0.3) is 89.3 Å². The van der Waals surface area contributed by atoms with Gasteiger partial charge < -0.3 is 4.57 Å². The average Bonchev–Trinajstić information content (AvgIpc) is 3.80. The first kappa shape index (κ1) is 52.3. The fourth-order valence-corrected chi connectivity index (χ4v) is 11.3. The Morgan fingerprint density at radius 1 is 0.566 bits per heavy atom. The third-order valence-corrected chi connectivity index (χ3v) is 15.2. The van der Waals surface area contributed by atoms with Crippen molar-refractivity contribution in [3.8, 4) is 33.4 Å². The summed E-state index contributed by atoms with van der Waals surface area (Å²) in [5.41, 5.74) is 27.9. The second-order valence-corrected chi connectivity index (χ2v) is 20.3. The zero-order valence-corrected chi connectivity index (χ0v) is 45.5. The molecule has 0 radical (unpaired) electrons. The van der Waals surface area contributed by atoms with Gasteiger partial charge >= 0.3 is 0 Å². The van der Waals surface area contributed by atoms with Crippen LogP contribution in [0.5, 0.6) is 0 Å². The normalized spacial score (nSPS) is 14.5. The molecule has 1 heteroatoms. The van der Waals surface area contributed by atoms with Crippen LogP contribution in [0.4, 0.5) is 0 Å². The highest BCUT2D eigenvalue weighted by Gasteiger charge is 2.21. The van der Waals surface area contributed by atoms with Crippen molar-refractivity contribution in [2.75, 3.05) is 0 Å². The number of fused-ring (bicyclic) bond motifs is 3. The van der Waals surface area contributed by atoms with E-state index in [1.165, 1.54) is 83.2 Å². The maximum absolute atomic E-state index is 4.14. The number of rotatable bonds is 17. The molecule has 1 heterocycles. The van der Waals surface area contributed by atoms with Crippen molar-refractivity contribution >= 4 is 55.9 Å². The summed E-state index contributed by atoms with van der Waals surface area (Å²) in [5.74, 6) is 0.354. The molecule has 7 aromatic rings.